The Balaban J connectivity index is 1.89. The van der Waals surface area contributed by atoms with Crippen LogP contribution in [0.1, 0.15) is 37.4 Å². The molecular formula is C27H30BrF2N3O2SSi. The maximum Gasteiger partial charge on any atom is 0.203 e. The topological polar surface area (TPSA) is 82.0 Å². The monoisotopic (exact) mass is 605 g/mol. The van der Waals surface area contributed by atoms with Gasteiger partial charge in [-0.05, 0) is 77.5 Å². The van der Waals surface area contributed by atoms with Gasteiger partial charge in [-0.25, -0.2) is 18.0 Å². The van der Waals surface area contributed by atoms with Crippen molar-refractivity contribution in [1.29, 1.82) is 0 Å². The molecule has 0 amide bonds. The minimum Gasteiger partial charge on any atom is -0.352 e. The van der Waals surface area contributed by atoms with E-state index in [2.05, 4.69) is 45.7 Å². The lowest BCUT2D eigenvalue weighted by Crippen LogP contribution is -2.41. The van der Waals surface area contributed by atoms with Crippen molar-refractivity contribution >= 4 is 51.1 Å². The van der Waals surface area contributed by atoms with Crippen LogP contribution in [0.5, 0.6) is 0 Å². The van der Waals surface area contributed by atoms with E-state index in [4.69, 9.17) is 9.66 Å². The summed E-state index contributed by atoms with van der Waals surface area (Å²) in [5.41, 5.74) is 2.48. The Hall–Kier alpha value is -2.27. The van der Waals surface area contributed by atoms with Crippen LogP contribution < -0.4 is 10.3 Å². The summed E-state index contributed by atoms with van der Waals surface area (Å²) in [6.07, 6.45) is 0.651. The van der Waals surface area contributed by atoms with Gasteiger partial charge in [0.2, 0.25) is 5.58 Å². The van der Waals surface area contributed by atoms with E-state index in [-0.39, 0.29) is 23.7 Å². The van der Waals surface area contributed by atoms with E-state index in [9.17, 15) is 8.60 Å². The number of para-hydroxylation sites is 1. The lowest BCUT2D eigenvalue weighted by atomic mass is 9.83. The van der Waals surface area contributed by atoms with Crippen LogP contribution in [0.3, 0.4) is 0 Å². The number of pyridine rings is 1. The number of rotatable bonds is 8. The fourth-order valence-electron chi connectivity index (χ4n) is 4.62. The number of halogens is 3. The first kappa shape index (κ1) is 27.8. The molecule has 2 N–H and O–H groups in total. The van der Waals surface area contributed by atoms with Gasteiger partial charge < -0.3 is 4.52 Å². The van der Waals surface area contributed by atoms with Crippen LogP contribution in [0, 0.1) is 11.6 Å². The van der Waals surface area contributed by atoms with Gasteiger partial charge in [-0.1, -0.05) is 55.1 Å². The van der Waals surface area contributed by atoms with Crippen LogP contribution >= 0.6 is 15.9 Å². The van der Waals surface area contributed by atoms with Crippen molar-refractivity contribution < 1.29 is 17.5 Å². The Bertz CT molecular complexity index is 1490. The maximum atomic E-state index is 15.8. The highest BCUT2D eigenvalue weighted by atomic mass is 79.9. The van der Waals surface area contributed by atoms with E-state index in [0.29, 0.717) is 33.0 Å². The SMILES string of the molecule is CC(C)(C[C@H](Cc1nc(Br)cc([Si](C)(C)C)c1F)c1ccccc1-c1noc2c(F)cccc12)S(N)=O. The molecule has 0 aliphatic rings. The standard InChI is InChI=1S/C27H30BrF2N3O2SSi/c1-27(2,36(31)34)15-16(13-21-24(30)22(37(3,4)5)14-23(28)32-21)17-9-6-7-10-18(17)25-19-11-8-12-20(29)26(19)35-33-25/h6-12,14,16H,13,15,31H2,1-5H3/t16-,36?/m0/s1. The van der Waals surface area contributed by atoms with E-state index in [0.717, 1.165) is 11.1 Å². The molecule has 2 aromatic carbocycles. The van der Waals surface area contributed by atoms with Crippen molar-refractivity contribution in [3.63, 3.8) is 0 Å². The number of nitrogens with zero attached hydrogens (tertiary/aromatic N) is 2. The number of nitrogens with two attached hydrogens (primary N) is 1. The summed E-state index contributed by atoms with van der Waals surface area (Å²) in [5.74, 6) is -1.11. The number of fused-ring (bicyclic) bond motifs is 1. The second-order valence-corrected chi connectivity index (χ2v) is 18.5. The molecular weight excluding hydrogens is 576 g/mol. The zero-order chi connectivity index (χ0) is 27.1. The van der Waals surface area contributed by atoms with Crippen LogP contribution in [0.15, 0.2) is 57.7 Å². The molecule has 0 aliphatic carbocycles. The predicted molar refractivity (Wildman–Crippen MR) is 152 cm³/mol. The van der Waals surface area contributed by atoms with E-state index in [1.165, 1.54) is 6.07 Å². The fraction of sp³-hybridized carbons (Fsp3) is 0.333. The van der Waals surface area contributed by atoms with Gasteiger partial charge in [0.05, 0.1) is 34.9 Å². The van der Waals surface area contributed by atoms with Gasteiger partial charge in [-0.3, -0.25) is 5.14 Å². The average molecular weight is 607 g/mol. The third kappa shape index (κ3) is 5.77. The summed E-state index contributed by atoms with van der Waals surface area (Å²) >= 11 is 3.47. The number of aromatic nitrogens is 2. The summed E-state index contributed by atoms with van der Waals surface area (Å²) in [6, 6.07) is 14.0. The molecule has 0 fully saturated rings. The summed E-state index contributed by atoms with van der Waals surface area (Å²) in [4.78, 5) is 4.51. The zero-order valence-corrected chi connectivity index (χ0v) is 24.8. The van der Waals surface area contributed by atoms with Gasteiger partial charge in [-0.15, -0.1) is 0 Å². The molecule has 196 valence electrons. The molecule has 0 bridgehead atoms. The van der Waals surface area contributed by atoms with Crippen LogP contribution in [0.2, 0.25) is 19.6 Å². The van der Waals surface area contributed by atoms with Gasteiger partial charge in [0.15, 0.2) is 5.82 Å². The van der Waals surface area contributed by atoms with Crippen LogP contribution in [0.4, 0.5) is 8.78 Å². The number of hydrogen-bond acceptors (Lipinski definition) is 4. The minimum atomic E-state index is -2.00. The molecule has 37 heavy (non-hydrogen) atoms. The van der Waals surface area contributed by atoms with Crippen molar-refractivity contribution in [2.24, 2.45) is 5.14 Å². The highest BCUT2D eigenvalue weighted by molar-refractivity contribution is 9.10. The van der Waals surface area contributed by atoms with E-state index in [1.54, 1.807) is 18.2 Å². The molecule has 5 nitrogen and oxygen atoms in total. The Morgan fingerprint density at radius 3 is 2.51 bits per heavy atom. The van der Waals surface area contributed by atoms with E-state index < -0.39 is 29.6 Å². The molecule has 1 unspecified atom stereocenters. The van der Waals surface area contributed by atoms with Gasteiger partial charge in [-0.2, -0.15) is 0 Å². The normalized spacial score (nSPS) is 14.2. The van der Waals surface area contributed by atoms with Gasteiger partial charge in [0.1, 0.15) is 16.1 Å². The van der Waals surface area contributed by atoms with Crippen molar-refractivity contribution in [2.75, 3.05) is 0 Å². The molecule has 10 heteroatoms. The lowest BCUT2D eigenvalue weighted by Gasteiger charge is -2.29. The first-order valence-corrected chi connectivity index (χ1v) is 17.4. The molecule has 0 spiro atoms. The Morgan fingerprint density at radius 1 is 1.14 bits per heavy atom. The van der Waals surface area contributed by atoms with Crippen molar-refractivity contribution in [3.05, 3.63) is 76.0 Å². The minimum absolute atomic E-state index is 0.0757. The largest absolute Gasteiger partial charge is 0.352 e. The van der Waals surface area contributed by atoms with Gasteiger partial charge >= 0.3 is 0 Å². The summed E-state index contributed by atoms with van der Waals surface area (Å²) in [6.45, 7) is 9.92. The summed E-state index contributed by atoms with van der Waals surface area (Å²) in [5, 5.41) is 11.3. The van der Waals surface area contributed by atoms with Gasteiger partial charge in [0.25, 0.3) is 0 Å². The smallest absolute Gasteiger partial charge is 0.203 e. The third-order valence-electron chi connectivity index (χ3n) is 6.63. The predicted octanol–water partition coefficient (Wildman–Crippen LogP) is 6.59. The molecule has 0 saturated carbocycles. The Kier molecular flexibility index (Phi) is 7.86. The molecule has 4 rings (SSSR count). The molecule has 2 atom stereocenters. The molecule has 0 saturated heterocycles. The number of hydrogen-bond donors (Lipinski definition) is 1. The highest BCUT2D eigenvalue weighted by Crippen LogP contribution is 2.39. The molecule has 4 aromatic rings. The fourth-order valence-corrected chi connectivity index (χ4v) is 7.01. The van der Waals surface area contributed by atoms with E-state index >= 15 is 4.39 Å². The third-order valence-corrected chi connectivity index (χ3v) is 10.3. The summed E-state index contributed by atoms with van der Waals surface area (Å²) in [7, 11) is -3.62. The molecule has 2 heterocycles. The second-order valence-electron chi connectivity index (χ2n) is 10.9. The number of benzene rings is 2. The van der Waals surface area contributed by atoms with Crippen LogP contribution in [-0.4, -0.2) is 27.2 Å². The van der Waals surface area contributed by atoms with Crippen molar-refractivity contribution in [1.82, 2.24) is 10.1 Å². The van der Waals surface area contributed by atoms with Crippen LogP contribution in [0.25, 0.3) is 22.2 Å². The van der Waals surface area contributed by atoms with E-state index in [1.807, 2.05) is 38.1 Å². The van der Waals surface area contributed by atoms with Crippen LogP contribution in [-0.2, 0) is 17.4 Å². The summed E-state index contributed by atoms with van der Waals surface area (Å²) < 4.78 is 47.8. The average Bonchev–Trinajstić information content (AvgIpc) is 3.25. The Morgan fingerprint density at radius 2 is 1.84 bits per heavy atom. The van der Waals surface area contributed by atoms with Crippen molar-refractivity contribution in [3.8, 4) is 11.3 Å². The molecule has 2 aromatic heterocycles. The first-order valence-electron chi connectivity index (χ1n) is 11.9. The van der Waals surface area contributed by atoms with Gasteiger partial charge in [0, 0.05) is 5.56 Å². The second kappa shape index (κ2) is 10.5. The molecule has 0 aliphatic heterocycles. The Labute approximate surface area is 227 Å². The lowest BCUT2D eigenvalue weighted by molar-refractivity contribution is 0.442. The highest BCUT2D eigenvalue weighted by Gasteiger charge is 2.33. The quantitative estimate of drug-likeness (QED) is 0.181. The maximum absolute atomic E-state index is 15.8. The molecule has 0 radical (unpaired) electrons. The zero-order valence-electron chi connectivity index (χ0n) is 21.4. The first-order chi connectivity index (χ1) is 17.3. The van der Waals surface area contributed by atoms with Crippen molar-refractivity contribution in [2.45, 2.75) is 57.0 Å².